The molecule has 38 heavy (non-hydrogen) atoms. The molecule has 0 radical (unpaired) electrons. The number of hydrogen-bond acceptors (Lipinski definition) is 7. The lowest BCUT2D eigenvalue weighted by Crippen LogP contribution is -2.50. The molecule has 2 aliphatic heterocycles. The summed E-state index contributed by atoms with van der Waals surface area (Å²) < 4.78 is 17.2. The fourth-order valence-corrected chi connectivity index (χ4v) is 5.20. The number of benzene rings is 1. The quantitative estimate of drug-likeness (QED) is 0.618. The average molecular weight is 522 g/mol. The third kappa shape index (κ3) is 5.20. The van der Waals surface area contributed by atoms with Crippen molar-refractivity contribution in [2.24, 2.45) is 5.92 Å². The Balaban J connectivity index is 1.42. The van der Waals surface area contributed by atoms with Crippen molar-refractivity contribution in [3.05, 3.63) is 53.2 Å². The van der Waals surface area contributed by atoms with Crippen molar-refractivity contribution < 1.29 is 28.9 Å². The number of carbonyl (C=O) groups excluding carboxylic acids is 2. The largest absolute Gasteiger partial charge is 0.472 e. The molecule has 0 saturated heterocycles. The number of rotatable bonds is 6. The van der Waals surface area contributed by atoms with Crippen molar-refractivity contribution in [2.45, 2.75) is 51.7 Å². The van der Waals surface area contributed by atoms with Crippen LogP contribution in [-0.2, 0) is 0 Å². The number of fused-ring (bicyclic) bond motifs is 2. The second-order valence-corrected chi connectivity index (χ2v) is 10.4. The van der Waals surface area contributed by atoms with Crippen LogP contribution in [0.1, 0.15) is 65.8 Å². The van der Waals surface area contributed by atoms with Crippen molar-refractivity contribution in [1.29, 1.82) is 0 Å². The Kier molecular flexibility index (Phi) is 7.56. The fourth-order valence-electron chi connectivity index (χ4n) is 5.20. The van der Waals surface area contributed by atoms with Gasteiger partial charge in [0.25, 0.3) is 11.8 Å². The minimum absolute atomic E-state index is 0.129. The Hall–Kier alpha value is -3.59. The Labute approximate surface area is 223 Å². The number of amides is 2. The van der Waals surface area contributed by atoms with E-state index in [0.717, 1.165) is 24.8 Å². The summed E-state index contributed by atoms with van der Waals surface area (Å²) in [6.07, 6.45) is 7.83. The van der Waals surface area contributed by atoms with E-state index in [9.17, 15) is 14.7 Å². The highest BCUT2D eigenvalue weighted by atomic mass is 16.7. The van der Waals surface area contributed by atoms with Crippen LogP contribution < -0.4 is 14.2 Å². The van der Waals surface area contributed by atoms with Crippen LogP contribution in [0.5, 0.6) is 17.4 Å². The van der Waals surface area contributed by atoms with E-state index >= 15 is 0 Å². The van der Waals surface area contributed by atoms with E-state index < -0.39 is 6.10 Å². The van der Waals surface area contributed by atoms with Crippen LogP contribution in [0.15, 0.2) is 36.5 Å². The molecule has 0 spiro atoms. The summed E-state index contributed by atoms with van der Waals surface area (Å²) in [5.41, 5.74) is 3.00. The third-order valence-corrected chi connectivity index (χ3v) is 7.60. The van der Waals surface area contributed by atoms with Gasteiger partial charge in [0, 0.05) is 31.3 Å². The number of allylic oxidation sites excluding steroid dienone is 2. The normalized spacial score (nSPS) is 21.5. The highest BCUT2D eigenvalue weighted by Crippen LogP contribution is 2.34. The Morgan fingerprint density at radius 3 is 2.82 bits per heavy atom. The van der Waals surface area contributed by atoms with Gasteiger partial charge in [-0.15, -0.1) is 0 Å². The Morgan fingerprint density at radius 2 is 2.05 bits per heavy atom. The monoisotopic (exact) mass is 521 g/mol. The molecule has 2 amide bonds. The molecule has 9 heteroatoms. The van der Waals surface area contributed by atoms with Crippen molar-refractivity contribution in [2.75, 3.05) is 33.5 Å². The molecular formula is C29H35N3O6. The van der Waals surface area contributed by atoms with Crippen LogP contribution in [-0.4, -0.2) is 77.4 Å². The first-order valence-corrected chi connectivity index (χ1v) is 13.3. The number of pyridine rings is 1. The van der Waals surface area contributed by atoms with Gasteiger partial charge in [0.15, 0.2) is 11.5 Å². The minimum atomic E-state index is -0.426. The number of hydrogen-bond donors (Lipinski definition) is 1. The number of aliphatic hydroxyl groups is 1. The second kappa shape index (κ2) is 11.0. The van der Waals surface area contributed by atoms with Crippen LogP contribution in [0.4, 0.5) is 0 Å². The summed E-state index contributed by atoms with van der Waals surface area (Å²) in [4.78, 5) is 34.8. The smallest absolute Gasteiger partial charge is 0.259 e. The molecule has 1 aromatic heterocycles. The number of likely N-dealkylation sites (N-methyl/N-ethyl adjacent to an activating group) is 1. The molecule has 1 N–H and O–H groups in total. The van der Waals surface area contributed by atoms with E-state index in [-0.39, 0.29) is 49.6 Å². The molecule has 9 nitrogen and oxygen atoms in total. The van der Waals surface area contributed by atoms with Gasteiger partial charge in [0.2, 0.25) is 12.7 Å². The molecule has 1 aliphatic carbocycles. The molecule has 2 aromatic rings. The average Bonchev–Trinajstić information content (AvgIpc) is 3.42. The van der Waals surface area contributed by atoms with Crippen molar-refractivity contribution in [3.8, 4) is 17.4 Å². The van der Waals surface area contributed by atoms with Crippen molar-refractivity contribution in [3.63, 3.8) is 0 Å². The summed E-state index contributed by atoms with van der Waals surface area (Å²) in [5, 5.41) is 9.91. The maximum atomic E-state index is 13.7. The van der Waals surface area contributed by atoms with Crippen LogP contribution in [0.3, 0.4) is 0 Å². The van der Waals surface area contributed by atoms with E-state index in [1.165, 1.54) is 12.0 Å². The van der Waals surface area contributed by atoms with Gasteiger partial charge >= 0.3 is 0 Å². The molecule has 5 rings (SSSR count). The molecule has 3 atom stereocenters. The van der Waals surface area contributed by atoms with Crippen molar-refractivity contribution in [1.82, 2.24) is 14.8 Å². The van der Waals surface area contributed by atoms with Crippen LogP contribution in [0.25, 0.3) is 5.57 Å². The second-order valence-electron chi connectivity index (χ2n) is 10.4. The Bertz CT molecular complexity index is 1240. The summed E-state index contributed by atoms with van der Waals surface area (Å²) in [7, 11) is 1.73. The molecule has 0 unspecified atom stereocenters. The topological polar surface area (TPSA) is 101 Å². The lowest BCUT2D eigenvalue weighted by atomic mass is 9.93. The number of aliphatic hydroxyl groups excluding tert-OH is 1. The van der Waals surface area contributed by atoms with E-state index in [1.54, 1.807) is 41.2 Å². The zero-order chi connectivity index (χ0) is 26.8. The summed E-state index contributed by atoms with van der Waals surface area (Å²) >= 11 is 0. The first-order valence-electron chi connectivity index (χ1n) is 13.3. The highest BCUT2D eigenvalue weighted by Gasteiger charge is 2.35. The maximum absolute atomic E-state index is 13.7. The van der Waals surface area contributed by atoms with Gasteiger partial charge in [-0.05, 0) is 68.0 Å². The zero-order valence-electron chi connectivity index (χ0n) is 22.2. The van der Waals surface area contributed by atoms with Gasteiger partial charge in [0.1, 0.15) is 11.7 Å². The van der Waals surface area contributed by atoms with Crippen LogP contribution >= 0.6 is 0 Å². The maximum Gasteiger partial charge on any atom is 0.259 e. The first kappa shape index (κ1) is 26.0. The summed E-state index contributed by atoms with van der Waals surface area (Å²) in [6.45, 7) is 4.48. The van der Waals surface area contributed by atoms with Gasteiger partial charge < -0.3 is 29.1 Å². The summed E-state index contributed by atoms with van der Waals surface area (Å²) in [6, 6.07) is 6.63. The van der Waals surface area contributed by atoms with Crippen LogP contribution in [0, 0.1) is 5.92 Å². The SMILES string of the molecule is C[C@H](CO)N1C[C@H](C)[C@H](CN(C)C(=O)c2ccc3c(c2)OCO3)Oc2ncc(C3=CCCCC3)cc2C1=O. The minimum Gasteiger partial charge on any atom is -0.472 e. The fraction of sp³-hybridized carbons (Fsp3) is 0.483. The van der Waals surface area contributed by atoms with E-state index in [4.69, 9.17) is 14.2 Å². The van der Waals surface area contributed by atoms with Gasteiger partial charge in [0.05, 0.1) is 19.2 Å². The number of ether oxygens (including phenoxy) is 3. The molecule has 3 aliphatic rings. The lowest BCUT2D eigenvalue weighted by Gasteiger charge is -2.37. The zero-order valence-corrected chi connectivity index (χ0v) is 22.2. The molecular weight excluding hydrogens is 486 g/mol. The van der Waals surface area contributed by atoms with E-state index in [2.05, 4.69) is 11.1 Å². The highest BCUT2D eigenvalue weighted by molar-refractivity contribution is 5.97. The van der Waals surface area contributed by atoms with Crippen LogP contribution in [0.2, 0.25) is 0 Å². The van der Waals surface area contributed by atoms with E-state index in [0.29, 0.717) is 29.2 Å². The molecule has 3 heterocycles. The van der Waals surface area contributed by atoms with Gasteiger partial charge in [-0.2, -0.15) is 0 Å². The number of nitrogens with zero attached hydrogens (tertiary/aromatic N) is 3. The van der Waals surface area contributed by atoms with Crippen molar-refractivity contribution >= 4 is 17.4 Å². The molecule has 202 valence electrons. The van der Waals surface area contributed by atoms with E-state index in [1.807, 2.05) is 19.9 Å². The first-order chi connectivity index (χ1) is 18.4. The molecule has 0 saturated carbocycles. The molecule has 0 bridgehead atoms. The molecule has 0 fully saturated rings. The number of aromatic nitrogens is 1. The lowest BCUT2D eigenvalue weighted by molar-refractivity contribution is 0.0313. The standard InChI is InChI=1S/C29H35N3O6/c1-18-14-32(19(2)16-33)29(35)23-11-22(20-7-5-4-6-8-20)13-30-27(23)38-26(18)15-31(3)28(34)21-9-10-24-25(12-21)37-17-36-24/h7,9-13,18-19,26,33H,4-6,8,14-17H2,1-3H3/t18-,19+,26-/m0/s1. The van der Waals surface area contributed by atoms with Gasteiger partial charge in [-0.3, -0.25) is 9.59 Å². The predicted molar refractivity (Wildman–Crippen MR) is 141 cm³/mol. The molecule has 1 aromatic carbocycles. The number of carbonyl (C=O) groups is 2. The van der Waals surface area contributed by atoms with Gasteiger partial charge in [-0.25, -0.2) is 4.98 Å². The Morgan fingerprint density at radius 1 is 1.24 bits per heavy atom. The predicted octanol–water partition coefficient (Wildman–Crippen LogP) is 3.76. The third-order valence-electron chi connectivity index (χ3n) is 7.60. The van der Waals surface area contributed by atoms with Gasteiger partial charge in [-0.1, -0.05) is 13.0 Å². The summed E-state index contributed by atoms with van der Waals surface area (Å²) in [5.74, 6) is 0.915.